The molecular weight excluding hydrogens is 178 g/mol. The van der Waals surface area contributed by atoms with Crippen molar-refractivity contribution in [2.75, 3.05) is 20.8 Å². The van der Waals surface area contributed by atoms with Crippen LogP contribution in [0.1, 0.15) is 18.0 Å². The van der Waals surface area contributed by atoms with Gasteiger partial charge in [-0.1, -0.05) is 0 Å². The van der Waals surface area contributed by atoms with Gasteiger partial charge in [-0.05, 0) is 31.2 Å². The Morgan fingerprint density at radius 3 is 2.57 bits per heavy atom. The molecule has 1 atom stereocenters. The van der Waals surface area contributed by atoms with E-state index >= 15 is 0 Å². The van der Waals surface area contributed by atoms with Crippen molar-refractivity contribution in [3.8, 4) is 11.5 Å². The van der Waals surface area contributed by atoms with E-state index in [1.807, 2.05) is 18.2 Å². The first kappa shape index (κ1) is 9.34. The molecule has 1 aromatic rings. The molecule has 1 heterocycles. The van der Waals surface area contributed by atoms with Crippen LogP contribution < -0.4 is 14.8 Å². The second-order valence-electron chi connectivity index (χ2n) is 3.40. The Morgan fingerprint density at radius 1 is 1.29 bits per heavy atom. The van der Waals surface area contributed by atoms with E-state index in [1.165, 1.54) is 12.0 Å². The predicted molar refractivity (Wildman–Crippen MR) is 54.9 cm³/mol. The lowest BCUT2D eigenvalue weighted by molar-refractivity contribution is 0.349. The molecule has 0 amide bonds. The first-order valence-corrected chi connectivity index (χ1v) is 4.80. The van der Waals surface area contributed by atoms with Crippen LogP contribution in [0.15, 0.2) is 18.2 Å². The molecule has 0 saturated carbocycles. The fourth-order valence-electron chi connectivity index (χ4n) is 1.67. The predicted octanol–water partition coefficient (Wildman–Crippen LogP) is 1.74. The molecule has 1 N–H and O–H groups in total. The van der Waals surface area contributed by atoms with Gasteiger partial charge in [-0.25, -0.2) is 0 Å². The number of hydrogen-bond donors (Lipinski definition) is 1. The Bertz CT molecular complexity index is 321. The SMILES string of the molecule is COc1ccc(OC)c(C2CCN2)c1. The lowest BCUT2D eigenvalue weighted by Gasteiger charge is -2.29. The zero-order valence-electron chi connectivity index (χ0n) is 8.54. The minimum absolute atomic E-state index is 0.431. The Hall–Kier alpha value is -1.22. The highest BCUT2D eigenvalue weighted by atomic mass is 16.5. The van der Waals surface area contributed by atoms with Gasteiger partial charge in [0.2, 0.25) is 0 Å². The normalized spacial score (nSPS) is 20.0. The van der Waals surface area contributed by atoms with Crippen molar-refractivity contribution in [1.29, 1.82) is 0 Å². The molecule has 0 aromatic heterocycles. The Balaban J connectivity index is 2.31. The van der Waals surface area contributed by atoms with Crippen molar-refractivity contribution in [2.24, 2.45) is 0 Å². The van der Waals surface area contributed by atoms with E-state index in [0.29, 0.717) is 6.04 Å². The van der Waals surface area contributed by atoms with Gasteiger partial charge in [0.05, 0.1) is 14.2 Å². The van der Waals surface area contributed by atoms with Crippen molar-refractivity contribution in [3.05, 3.63) is 23.8 Å². The highest BCUT2D eigenvalue weighted by Gasteiger charge is 2.22. The van der Waals surface area contributed by atoms with Crippen LogP contribution in [0.4, 0.5) is 0 Å². The fraction of sp³-hybridized carbons (Fsp3) is 0.455. The van der Waals surface area contributed by atoms with Crippen molar-refractivity contribution >= 4 is 0 Å². The summed E-state index contributed by atoms with van der Waals surface area (Å²) in [4.78, 5) is 0. The summed E-state index contributed by atoms with van der Waals surface area (Å²) in [5.74, 6) is 1.82. The first-order valence-electron chi connectivity index (χ1n) is 4.80. The van der Waals surface area contributed by atoms with Crippen LogP contribution >= 0.6 is 0 Å². The van der Waals surface area contributed by atoms with Crippen LogP contribution in [0.25, 0.3) is 0 Å². The molecule has 0 bridgehead atoms. The van der Waals surface area contributed by atoms with Crippen LogP contribution in [-0.2, 0) is 0 Å². The largest absolute Gasteiger partial charge is 0.497 e. The van der Waals surface area contributed by atoms with Crippen molar-refractivity contribution in [3.63, 3.8) is 0 Å². The number of nitrogens with one attached hydrogen (secondary N) is 1. The first-order chi connectivity index (χ1) is 6.85. The quantitative estimate of drug-likeness (QED) is 0.793. The summed E-state index contributed by atoms with van der Waals surface area (Å²) in [6.07, 6.45) is 1.17. The standard InChI is InChI=1S/C11H15NO2/c1-13-8-3-4-11(14-2)9(7-8)10-5-6-12-10/h3-4,7,10,12H,5-6H2,1-2H3. The molecule has 76 valence electrons. The maximum Gasteiger partial charge on any atom is 0.123 e. The third-order valence-corrected chi connectivity index (χ3v) is 2.64. The maximum atomic E-state index is 5.31. The van der Waals surface area contributed by atoms with Gasteiger partial charge >= 0.3 is 0 Å². The Kier molecular flexibility index (Phi) is 2.59. The van der Waals surface area contributed by atoms with Gasteiger partial charge in [-0.3, -0.25) is 0 Å². The van der Waals surface area contributed by atoms with Crippen LogP contribution in [-0.4, -0.2) is 20.8 Å². The maximum absolute atomic E-state index is 5.31. The topological polar surface area (TPSA) is 30.5 Å². The summed E-state index contributed by atoms with van der Waals surface area (Å²) in [5, 5.41) is 3.35. The van der Waals surface area contributed by atoms with Gasteiger partial charge in [-0.2, -0.15) is 0 Å². The smallest absolute Gasteiger partial charge is 0.123 e. The molecule has 1 saturated heterocycles. The highest BCUT2D eigenvalue weighted by Crippen LogP contribution is 2.33. The molecule has 2 rings (SSSR count). The van der Waals surface area contributed by atoms with Crippen LogP contribution in [0, 0.1) is 0 Å². The van der Waals surface area contributed by atoms with Crippen molar-refractivity contribution < 1.29 is 9.47 Å². The van der Waals surface area contributed by atoms with E-state index in [-0.39, 0.29) is 0 Å². The van der Waals surface area contributed by atoms with Crippen molar-refractivity contribution in [1.82, 2.24) is 5.32 Å². The van der Waals surface area contributed by atoms with E-state index in [2.05, 4.69) is 5.32 Å². The highest BCUT2D eigenvalue weighted by molar-refractivity contribution is 5.42. The number of rotatable bonds is 3. The van der Waals surface area contributed by atoms with Gasteiger partial charge in [0.25, 0.3) is 0 Å². The average Bonchev–Trinajstić information content (AvgIpc) is 2.15. The van der Waals surface area contributed by atoms with E-state index in [9.17, 15) is 0 Å². The van der Waals surface area contributed by atoms with E-state index in [0.717, 1.165) is 18.0 Å². The molecule has 0 radical (unpaired) electrons. The summed E-state index contributed by atoms with van der Waals surface area (Å²) in [6.45, 7) is 1.09. The molecule has 0 spiro atoms. The molecule has 1 aliphatic rings. The summed E-state index contributed by atoms with van der Waals surface area (Å²) in [5.41, 5.74) is 1.19. The van der Waals surface area contributed by atoms with Crippen LogP contribution in [0.2, 0.25) is 0 Å². The molecule has 1 aromatic carbocycles. The second-order valence-corrected chi connectivity index (χ2v) is 3.40. The third kappa shape index (κ3) is 1.55. The second kappa shape index (κ2) is 3.88. The average molecular weight is 193 g/mol. The molecule has 3 heteroatoms. The summed E-state index contributed by atoms with van der Waals surface area (Å²) < 4.78 is 10.5. The molecule has 1 unspecified atom stereocenters. The van der Waals surface area contributed by atoms with Gasteiger partial charge in [0, 0.05) is 11.6 Å². The van der Waals surface area contributed by atoms with Gasteiger partial charge < -0.3 is 14.8 Å². The summed E-state index contributed by atoms with van der Waals surface area (Å²) in [6, 6.07) is 6.34. The van der Waals surface area contributed by atoms with E-state index in [4.69, 9.17) is 9.47 Å². The van der Waals surface area contributed by atoms with Crippen LogP contribution in [0.3, 0.4) is 0 Å². The van der Waals surface area contributed by atoms with Gasteiger partial charge in [-0.15, -0.1) is 0 Å². The van der Waals surface area contributed by atoms with Gasteiger partial charge in [0.1, 0.15) is 11.5 Å². The minimum atomic E-state index is 0.431. The van der Waals surface area contributed by atoms with Crippen molar-refractivity contribution in [2.45, 2.75) is 12.5 Å². The molecule has 1 fully saturated rings. The van der Waals surface area contributed by atoms with Crippen LogP contribution in [0.5, 0.6) is 11.5 Å². The Morgan fingerprint density at radius 2 is 2.07 bits per heavy atom. The van der Waals surface area contributed by atoms with E-state index < -0.39 is 0 Å². The molecule has 1 aliphatic heterocycles. The molecule has 3 nitrogen and oxygen atoms in total. The summed E-state index contributed by atoms with van der Waals surface area (Å²) >= 11 is 0. The monoisotopic (exact) mass is 193 g/mol. The zero-order valence-corrected chi connectivity index (χ0v) is 8.54. The number of hydrogen-bond acceptors (Lipinski definition) is 3. The molecule has 14 heavy (non-hydrogen) atoms. The number of ether oxygens (including phenoxy) is 2. The minimum Gasteiger partial charge on any atom is -0.497 e. The summed E-state index contributed by atoms with van der Waals surface area (Å²) in [7, 11) is 3.38. The third-order valence-electron chi connectivity index (χ3n) is 2.64. The lowest BCUT2D eigenvalue weighted by atomic mass is 9.97. The molecular formula is C11H15NO2. The molecule has 0 aliphatic carbocycles. The number of methoxy groups -OCH3 is 2. The number of benzene rings is 1. The Labute approximate surface area is 84.0 Å². The zero-order chi connectivity index (χ0) is 9.97. The van der Waals surface area contributed by atoms with Gasteiger partial charge in [0.15, 0.2) is 0 Å². The fourth-order valence-corrected chi connectivity index (χ4v) is 1.67. The lowest BCUT2D eigenvalue weighted by Crippen LogP contribution is -2.35. The van der Waals surface area contributed by atoms with E-state index in [1.54, 1.807) is 14.2 Å².